The van der Waals surface area contributed by atoms with Gasteiger partial charge >= 0.3 is 0 Å². The third-order valence-corrected chi connectivity index (χ3v) is 3.83. The Bertz CT molecular complexity index is 225. The van der Waals surface area contributed by atoms with Crippen molar-refractivity contribution < 1.29 is 9.59 Å². The largest absolute Gasteiger partial charge is 0.311 e. The van der Waals surface area contributed by atoms with Crippen LogP contribution in [0, 0.1) is 0 Å². The maximum absolute atomic E-state index is 11.1. The van der Waals surface area contributed by atoms with E-state index in [0.29, 0.717) is 0 Å². The Morgan fingerprint density at radius 3 is 2.21 bits per heavy atom. The Labute approximate surface area is 122 Å². The molecule has 0 spiro atoms. The highest BCUT2D eigenvalue weighted by molar-refractivity contribution is 7.99. The number of rotatable bonds is 11. The van der Waals surface area contributed by atoms with Gasteiger partial charge in [-0.3, -0.25) is 4.79 Å². The average Bonchev–Trinajstić information content (AvgIpc) is 2.44. The molecule has 0 saturated heterocycles. The molecule has 0 saturated carbocycles. The van der Waals surface area contributed by atoms with Gasteiger partial charge in [0, 0.05) is 0 Å². The second-order valence-corrected chi connectivity index (χ2v) is 5.25. The SMILES string of the molecule is CC.CNC(C=O)CCSCCCC(NC)C(C)=O. The number of thioether (sulfide) groups is 1. The molecular formula is C14H30N2O2S. The second kappa shape index (κ2) is 15.7. The molecule has 0 heterocycles. The van der Waals surface area contributed by atoms with E-state index in [4.69, 9.17) is 0 Å². The van der Waals surface area contributed by atoms with E-state index < -0.39 is 0 Å². The van der Waals surface area contributed by atoms with E-state index in [2.05, 4.69) is 10.6 Å². The van der Waals surface area contributed by atoms with Gasteiger partial charge in [0.2, 0.25) is 0 Å². The lowest BCUT2D eigenvalue weighted by molar-refractivity contribution is -0.119. The highest BCUT2D eigenvalue weighted by atomic mass is 32.2. The Balaban J connectivity index is 0. The van der Waals surface area contributed by atoms with E-state index in [9.17, 15) is 9.59 Å². The van der Waals surface area contributed by atoms with Gasteiger partial charge in [-0.05, 0) is 51.8 Å². The number of likely N-dealkylation sites (N-methyl/N-ethyl adjacent to an activating group) is 2. The monoisotopic (exact) mass is 290 g/mol. The normalized spacial score (nSPS) is 13.1. The van der Waals surface area contributed by atoms with Gasteiger partial charge in [-0.15, -0.1) is 0 Å². The molecule has 0 fully saturated rings. The number of carbonyl (C=O) groups excluding carboxylic acids is 2. The molecule has 19 heavy (non-hydrogen) atoms. The molecule has 0 aliphatic heterocycles. The zero-order valence-electron chi connectivity index (χ0n) is 13.0. The second-order valence-electron chi connectivity index (χ2n) is 4.03. The summed E-state index contributed by atoms with van der Waals surface area (Å²) >= 11 is 1.84. The van der Waals surface area contributed by atoms with Crippen LogP contribution in [-0.4, -0.2) is 49.8 Å². The molecule has 0 aliphatic rings. The molecule has 0 aromatic carbocycles. The molecule has 0 aromatic heterocycles. The minimum absolute atomic E-state index is 0.00404. The van der Waals surface area contributed by atoms with E-state index in [1.807, 2.05) is 32.7 Å². The van der Waals surface area contributed by atoms with Crippen molar-refractivity contribution in [3.8, 4) is 0 Å². The van der Waals surface area contributed by atoms with E-state index in [0.717, 1.165) is 37.1 Å². The summed E-state index contributed by atoms with van der Waals surface area (Å²) in [4.78, 5) is 21.7. The van der Waals surface area contributed by atoms with Gasteiger partial charge in [0.05, 0.1) is 12.1 Å². The molecule has 0 bridgehead atoms. The van der Waals surface area contributed by atoms with Crippen LogP contribution >= 0.6 is 11.8 Å². The van der Waals surface area contributed by atoms with E-state index >= 15 is 0 Å². The number of aldehydes is 1. The topological polar surface area (TPSA) is 58.2 Å². The lowest BCUT2D eigenvalue weighted by Gasteiger charge is -2.12. The third-order valence-electron chi connectivity index (χ3n) is 2.73. The summed E-state index contributed by atoms with van der Waals surface area (Å²) < 4.78 is 0. The Hall–Kier alpha value is -0.390. The summed E-state index contributed by atoms with van der Waals surface area (Å²) in [6.45, 7) is 5.62. The summed E-state index contributed by atoms with van der Waals surface area (Å²) in [6, 6.07) is -0.0274. The summed E-state index contributed by atoms with van der Waals surface area (Å²) in [7, 11) is 3.62. The number of carbonyl (C=O) groups is 2. The lowest BCUT2D eigenvalue weighted by atomic mass is 10.1. The summed E-state index contributed by atoms with van der Waals surface area (Å²) in [5.41, 5.74) is 0. The zero-order chi connectivity index (χ0) is 15.1. The van der Waals surface area contributed by atoms with Crippen LogP contribution in [0.1, 0.15) is 40.0 Å². The van der Waals surface area contributed by atoms with Crippen LogP contribution in [0.2, 0.25) is 0 Å². The van der Waals surface area contributed by atoms with Crippen LogP contribution in [0.3, 0.4) is 0 Å². The van der Waals surface area contributed by atoms with Gasteiger partial charge in [0.1, 0.15) is 12.1 Å². The molecule has 114 valence electrons. The zero-order valence-corrected chi connectivity index (χ0v) is 13.8. The third kappa shape index (κ3) is 12.4. The Morgan fingerprint density at radius 2 is 1.79 bits per heavy atom. The minimum Gasteiger partial charge on any atom is -0.311 e. The molecule has 0 rings (SSSR count). The van der Waals surface area contributed by atoms with Gasteiger partial charge < -0.3 is 15.4 Å². The molecule has 0 aromatic rings. The predicted octanol–water partition coefficient (Wildman–Crippen LogP) is 1.88. The fraction of sp³-hybridized carbons (Fsp3) is 0.857. The maximum atomic E-state index is 11.1. The van der Waals surface area contributed by atoms with Crippen LogP contribution < -0.4 is 10.6 Å². The highest BCUT2D eigenvalue weighted by Gasteiger charge is 2.10. The van der Waals surface area contributed by atoms with E-state index in [-0.39, 0.29) is 17.9 Å². The lowest BCUT2D eigenvalue weighted by Crippen LogP contribution is -2.32. The minimum atomic E-state index is -0.0234. The number of ketones is 1. The van der Waals surface area contributed by atoms with Gasteiger partial charge in [-0.1, -0.05) is 13.8 Å². The van der Waals surface area contributed by atoms with Crippen molar-refractivity contribution in [1.82, 2.24) is 10.6 Å². The molecule has 0 aliphatic carbocycles. The van der Waals surface area contributed by atoms with Crippen LogP contribution in [-0.2, 0) is 9.59 Å². The molecule has 0 radical (unpaired) electrons. The summed E-state index contributed by atoms with van der Waals surface area (Å²) in [6.07, 6.45) is 3.74. The first kappa shape index (κ1) is 20.9. The average molecular weight is 290 g/mol. The van der Waals surface area contributed by atoms with Crippen molar-refractivity contribution in [2.45, 2.75) is 52.1 Å². The maximum Gasteiger partial charge on any atom is 0.146 e. The van der Waals surface area contributed by atoms with Gasteiger partial charge in [0.25, 0.3) is 0 Å². The number of hydrogen-bond donors (Lipinski definition) is 2. The number of nitrogens with one attached hydrogen (secondary N) is 2. The first-order chi connectivity index (χ1) is 9.15. The van der Waals surface area contributed by atoms with Crippen molar-refractivity contribution in [1.29, 1.82) is 0 Å². The molecule has 4 nitrogen and oxygen atoms in total. The fourth-order valence-corrected chi connectivity index (χ4v) is 2.53. The molecule has 0 amide bonds. The Kier molecular flexibility index (Phi) is 17.2. The van der Waals surface area contributed by atoms with Gasteiger partial charge in [0.15, 0.2) is 0 Å². The number of Topliss-reactive ketones (excluding diaryl/α,β-unsaturated/α-hetero) is 1. The van der Waals surface area contributed by atoms with Gasteiger partial charge in [-0.25, -0.2) is 0 Å². The van der Waals surface area contributed by atoms with Crippen molar-refractivity contribution in [3.63, 3.8) is 0 Å². The predicted molar refractivity (Wildman–Crippen MR) is 85.0 cm³/mol. The van der Waals surface area contributed by atoms with Crippen LogP contribution in [0.4, 0.5) is 0 Å². The standard InChI is InChI=1S/C12H24N2O2S.C2H6/c1-10(16)12(14-3)5-4-7-17-8-6-11(9-15)13-2;1-2/h9,11-14H,4-8H2,1-3H3;1-2H3. The van der Waals surface area contributed by atoms with Crippen LogP contribution in [0.5, 0.6) is 0 Å². The van der Waals surface area contributed by atoms with E-state index in [1.54, 1.807) is 14.0 Å². The first-order valence-corrected chi connectivity index (χ1v) is 8.19. The smallest absolute Gasteiger partial charge is 0.146 e. The highest BCUT2D eigenvalue weighted by Crippen LogP contribution is 2.09. The van der Waals surface area contributed by atoms with Gasteiger partial charge in [-0.2, -0.15) is 11.8 Å². The molecular weight excluding hydrogens is 260 g/mol. The van der Waals surface area contributed by atoms with Crippen molar-refractivity contribution in [3.05, 3.63) is 0 Å². The fourth-order valence-electron chi connectivity index (χ4n) is 1.53. The van der Waals surface area contributed by atoms with Crippen molar-refractivity contribution in [2.75, 3.05) is 25.6 Å². The molecule has 5 heteroatoms. The van der Waals surface area contributed by atoms with Crippen molar-refractivity contribution >= 4 is 23.8 Å². The Morgan fingerprint density at radius 1 is 1.16 bits per heavy atom. The number of hydrogen-bond acceptors (Lipinski definition) is 5. The quantitative estimate of drug-likeness (QED) is 0.449. The van der Waals surface area contributed by atoms with Crippen LogP contribution in [0.15, 0.2) is 0 Å². The summed E-state index contributed by atoms with van der Waals surface area (Å²) in [5.74, 6) is 2.23. The first-order valence-electron chi connectivity index (χ1n) is 7.03. The van der Waals surface area contributed by atoms with Crippen molar-refractivity contribution in [2.24, 2.45) is 0 Å². The molecule has 2 atom stereocenters. The molecule has 2 N–H and O–H groups in total. The summed E-state index contributed by atoms with van der Waals surface area (Å²) in [5, 5.41) is 5.96. The molecule has 2 unspecified atom stereocenters. The van der Waals surface area contributed by atoms with Crippen LogP contribution in [0.25, 0.3) is 0 Å². The van der Waals surface area contributed by atoms with E-state index in [1.165, 1.54) is 0 Å².